The third-order valence-electron chi connectivity index (χ3n) is 7.88. The van der Waals surface area contributed by atoms with Crippen molar-refractivity contribution in [1.29, 1.82) is 0 Å². The van der Waals surface area contributed by atoms with Gasteiger partial charge in [-0.2, -0.15) is 0 Å². The van der Waals surface area contributed by atoms with E-state index in [0.717, 1.165) is 29.5 Å². The Morgan fingerprint density at radius 1 is 0.911 bits per heavy atom. The molecule has 2 aliphatic heterocycles. The summed E-state index contributed by atoms with van der Waals surface area (Å²) in [6.45, 7) is 11.1. The fraction of sp³-hybridized carbons (Fsp3) is 0.667. The van der Waals surface area contributed by atoms with E-state index >= 15 is 0 Å². The van der Waals surface area contributed by atoms with Crippen molar-refractivity contribution in [3.05, 3.63) is 45.9 Å². The number of carbonyl (C=O) groups excluding carboxylic acids is 2. The monoisotopic (exact) mass is 631 g/mol. The van der Waals surface area contributed by atoms with Crippen molar-refractivity contribution >= 4 is 22.8 Å². The molecule has 0 spiro atoms. The van der Waals surface area contributed by atoms with E-state index in [9.17, 15) is 14.4 Å². The van der Waals surface area contributed by atoms with Gasteiger partial charge in [0.05, 0.1) is 72.0 Å². The molecule has 1 atom stereocenters. The number of likely N-dealkylation sites (tertiary alicyclic amines) is 1. The van der Waals surface area contributed by atoms with Gasteiger partial charge in [0.2, 0.25) is 5.91 Å². The zero-order chi connectivity index (χ0) is 32.1. The minimum atomic E-state index is -0.520. The van der Waals surface area contributed by atoms with Gasteiger partial charge in [-0.15, -0.1) is 0 Å². The molecule has 0 aliphatic carbocycles. The number of fused-ring (bicyclic) bond motifs is 3. The molecule has 2 N–H and O–H groups in total. The van der Waals surface area contributed by atoms with Crippen LogP contribution in [-0.4, -0.2) is 106 Å². The molecule has 2 aromatic rings. The fourth-order valence-electron chi connectivity index (χ4n) is 5.62. The lowest BCUT2D eigenvalue weighted by Gasteiger charge is -2.38. The van der Waals surface area contributed by atoms with E-state index in [2.05, 4.69) is 10.3 Å². The van der Waals surface area contributed by atoms with Crippen molar-refractivity contribution in [2.24, 2.45) is 5.92 Å². The predicted molar refractivity (Wildman–Crippen MR) is 168 cm³/mol. The lowest BCUT2D eigenvalue weighted by molar-refractivity contribution is -0.135. The lowest BCUT2D eigenvalue weighted by Crippen LogP contribution is -2.43. The normalized spacial score (nSPS) is 17.3. The lowest BCUT2D eigenvalue weighted by atomic mass is 9.86. The van der Waals surface area contributed by atoms with Crippen LogP contribution in [0.5, 0.6) is 0 Å². The van der Waals surface area contributed by atoms with Gasteiger partial charge in [0.15, 0.2) is 0 Å². The summed E-state index contributed by atoms with van der Waals surface area (Å²) in [5.74, 6) is 0.464. The summed E-state index contributed by atoms with van der Waals surface area (Å²) in [6.07, 6.45) is 2.41. The second-order valence-electron chi connectivity index (χ2n) is 12.4. The number of carbonyl (C=O) groups is 2. The first-order chi connectivity index (χ1) is 21.7. The quantitative estimate of drug-likeness (QED) is 0.268. The first kappa shape index (κ1) is 34.8. The number of piperidine rings is 1. The molecule has 0 bridgehead atoms. The number of pyridine rings is 1. The SMILES string of the molecule is CC(C)(C)OC(=O)NCCOCCOCCOCCOCCC(=O)N1CCC(C2Cc3[nH]c(=O)c4ccccc4c3CO2)CC1. The molecule has 2 aliphatic rings. The highest BCUT2D eigenvalue weighted by atomic mass is 16.6. The summed E-state index contributed by atoms with van der Waals surface area (Å²) in [6, 6.07) is 7.67. The van der Waals surface area contributed by atoms with Crippen molar-refractivity contribution in [3.63, 3.8) is 0 Å². The number of amides is 2. The summed E-state index contributed by atoms with van der Waals surface area (Å²) in [4.78, 5) is 41.8. The second kappa shape index (κ2) is 17.6. The maximum Gasteiger partial charge on any atom is 0.407 e. The van der Waals surface area contributed by atoms with E-state index in [1.54, 1.807) is 0 Å². The molecule has 250 valence electrons. The molecule has 1 aromatic heterocycles. The number of rotatable bonds is 16. The third-order valence-corrected chi connectivity index (χ3v) is 7.88. The molecule has 1 fully saturated rings. The van der Waals surface area contributed by atoms with E-state index in [1.807, 2.05) is 49.9 Å². The number of hydrogen-bond donors (Lipinski definition) is 2. The Balaban J connectivity index is 0.969. The molecular weight excluding hydrogens is 582 g/mol. The number of ether oxygens (including phenoxy) is 6. The largest absolute Gasteiger partial charge is 0.444 e. The third kappa shape index (κ3) is 11.4. The van der Waals surface area contributed by atoms with E-state index < -0.39 is 11.7 Å². The zero-order valence-electron chi connectivity index (χ0n) is 26.9. The van der Waals surface area contributed by atoms with Crippen LogP contribution in [-0.2, 0) is 46.2 Å². The van der Waals surface area contributed by atoms with Gasteiger partial charge in [0.1, 0.15) is 5.60 Å². The Morgan fingerprint density at radius 3 is 2.16 bits per heavy atom. The number of alkyl carbamates (subject to hydrolysis) is 1. The van der Waals surface area contributed by atoms with Crippen LogP contribution in [0.3, 0.4) is 0 Å². The number of nitrogens with zero attached hydrogens (tertiary/aromatic N) is 1. The second-order valence-corrected chi connectivity index (χ2v) is 12.4. The van der Waals surface area contributed by atoms with Crippen molar-refractivity contribution in [2.75, 3.05) is 72.5 Å². The number of H-pyrrole nitrogens is 1. The van der Waals surface area contributed by atoms with Gasteiger partial charge in [0, 0.05) is 42.7 Å². The Bertz CT molecular complexity index is 1280. The number of hydrogen-bond acceptors (Lipinski definition) is 9. The number of benzene rings is 1. The fourth-order valence-corrected chi connectivity index (χ4v) is 5.62. The van der Waals surface area contributed by atoms with E-state index in [-0.39, 0.29) is 17.6 Å². The maximum atomic E-state index is 12.7. The summed E-state index contributed by atoms with van der Waals surface area (Å²) in [7, 11) is 0. The summed E-state index contributed by atoms with van der Waals surface area (Å²) in [5.41, 5.74) is 1.50. The zero-order valence-corrected chi connectivity index (χ0v) is 26.9. The van der Waals surface area contributed by atoms with Crippen LogP contribution in [0.1, 0.15) is 51.3 Å². The van der Waals surface area contributed by atoms with Gasteiger partial charge in [-0.05, 0) is 51.0 Å². The van der Waals surface area contributed by atoms with Gasteiger partial charge >= 0.3 is 6.09 Å². The van der Waals surface area contributed by atoms with Crippen molar-refractivity contribution in [2.45, 2.75) is 64.8 Å². The van der Waals surface area contributed by atoms with Crippen molar-refractivity contribution < 1.29 is 38.0 Å². The molecule has 1 saturated heterocycles. The molecule has 4 rings (SSSR count). The predicted octanol–water partition coefficient (Wildman–Crippen LogP) is 3.19. The van der Waals surface area contributed by atoms with Crippen LogP contribution in [0, 0.1) is 5.92 Å². The standard InChI is InChI=1S/C33H49N3O9/c1-33(2,3)45-32(39)34-11-15-41-17-19-43-21-20-42-18-16-40-14-10-30(37)36-12-8-24(9-13-36)29-22-28-27(23-44-29)25-6-4-5-7-26(25)31(38)35-28/h4-7,24,29H,8-23H2,1-3H3,(H,34,39)(H,35,38). The van der Waals surface area contributed by atoms with Crippen molar-refractivity contribution in [3.8, 4) is 0 Å². The Kier molecular flexibility index (Phi) is 13.6. The average molecular weight is 632 g/mol. The molecule has 45 heavy (non-hydrogen) atoms. The smallest absolute Gasteiger partial charge is 0.407 e. The molecule has 2 amide bonds. The van der Waals surface area contributed by atoms with E-state index in [0.29, 0.717) is 103 Å². The van der Waals surface area contributed by atoms with E-state index in [1.165, 1.54) is 0 Å². The summed E-state index contributed by atoms with van der Waals surface area (Å²) >= 11 is 0. The molecule has 1 aromatic carbocycles. The number of aromatic amines is 1. The van der Waals surface area contributed by atoms with Crippen LogP contribution >= 0.6 is 0 Å². The first-order valence-corrected chi connectivity index (χ1v) is 16.0. The minimum absolute atomic E-state index is 0.0466. The van der Waals surface area contributed by atoms with Crippen LogP contribution in [0.15, 0.2) is 29.1 Å². The Hall–Kier alpha value is -3.03. The van der Waals surface area contributed by atoms with Gasteiger partial charge in [-0.1, -0.05) is 18.2 Å². The first-order valence-electron chi connectivity index (χ1n) is 16.0. The topological polar surface area (TPSA) is 138 Å². The van der Waals surface area contributed by atoms with Gasteiger partial charge in [0.25, 0.3) is 5.56 Å². The van der Waals surface area contributed by atoms with E-state index in [4.69, 9.17) is 28.4 Å². The number of aromatic nitrogens is 1. The molecule has 12 nitrogen and oxygen atoms in total. The maximum absolute atomic E-state index is 12.7. The number of nitrogens with one attached hydrogen (secondary N) is 2. The average Bonchev–Trinajstić information content (AvgIpc) is 3.02. The van der Waals surface area contributed by atoms with Gasteiger partial charge in [-0.3, -0.25) is 9.59 Å². The minimum Gasteiger partial charge on any atom is -0.444 e. The summed E-state index contributed by atoms with van der Waals surface area (Å²) < 4.78 is 33.4. The van der Waals surface area contributed by atoms with Gasteiger partial charge in [-0.25, -0.2) is 4.79 Å². The molecule has 12 heteroatoms. The van der Waals surface area contributed by atoms with Crippen LogP contribution in [0.25, 0.3) is 10.8 Å². The molecular formula is C33H49N3O9. The van der Waals surface area contributed by atoms with Gasteiger partial charge < -0.3 is 43.6 Å². The summed E-state index contributed by atoms with van der Waals surface area (Å²) in [5, 5.41) is 4.30. The van der Waals surface area contributed by atoms with Crippen LogP contribution in [0.4, 0.5) is 4.79 Å². The molecule has 0 radical (unpaired) electrons. The van der Waals surface area contributed by atoms with Crippen molar-refractivity contribution in [1.82, 2.24) is 15.2 Å². The molecule has 1 unspecified atom stereocenters. The highest BCUT2D eigenvalue weighted by molar-refractivity contribution is 5.85. The van der Waals surface area contributed by atoms with Crippen LogP contribution in [0.2, 0.25) is 0 Å². The Morgan fingerprint density at radius 2 is 1.51 bits per heavy atom. The van der Waals surface area contributed by atoms with Crippen LogP contribution < -0.4 is 10.9 Å². The highest BCUT2D eigenvalue weighted by Gasteiger charge is 2.32. The molecule has 0 saturated carbocycles. The molecule has 3 heterocycles. The highest BCUT2D eigenvalue weighted by Crippen LogP contribution is 2.32. The Labute approximate surface area is 265 Å².